The number of rotatable bonds is 4. The third-order valence-corrected chi connectivity index (χ3v) is 5.35. The van der Waals surface area contributed by atoms with Gasteiger partial charge in [-0.2, -0.15) is 0 Å². The van der Waals surface area contributed by atoms with Crippen molar-refractivity contribution in [2.75, 3.05) is 0 Å². The van der Waals surface area contributed by atoms with Crippen LogP contribution in [-0.4, -0.2) is 5.91 Å². The van der Waals surface area contributed by atoms with Crippen molar-refractivity contribution >= 4 is 23.0 Å². The second-order valence-electron chi connectivity index (χ2n) is 7.32. The van der Waals surface area contributed by atoms with E-state index in [-0.39, 0.29) is 17.4 Å². The Balaban J connectivity index is 1.47. The van der Waals surface area contributed by atoms with Gasteiger partial charge in [-0.3, -0.25) is 9.59 Å². The van der Waals surface area contributed by atoms with Crippen molar-refractivity contribution in [1.82, 2.24) is 5.32 Å². The van der Waals surface area contributed by atoms with Crippen LogP contribution in [0.1, 0.15) is 48.1 Å². The Morgan fingerprint density at radius 1 is 1.11 bits per heavy atom. The van der Waals surface area contributed by atoms with Gasteiger partial charge in [-0.1, -0.05) is 30.3 Å². The van der Waals surface area contributed by atoms with Gasteiger partial charge in [0.05, 0.1) is 17.0 Å². The Morgan fingerprint density at radius 3 is 2.75 bits per heavy atom. The molecular weight excluding hydrogens is 350 g/mol. The number of amides is 1. The number of hydrogen-bond donors (Lipinski definition) is 1. The molecule has 1 N–H and O–H groups in total. The normalized spacial score (nSPS) is 14.8. The molecule has 0 bridgehead atoms. The fourth-order valence-electron chi connectivity index (χ4n) is 3.74. The summed E-state index contributed by atoms with van der Waals surface area (Å²) >= 11 is 0. The van der Waals surface area contributed by atoms with Crippen molar-refractivity contribution in [1.29, 1.82) is 0 Å². The zero-order valence-corrected chi connectivity index (χ0v) is 15.9. The van der Waals surface area contributed by atoms with E-state index in [4.69, 9.17) is 4.42 Å². The molecule has 2 aromatic carbocycles. The van der Waals surface area contributed by atoms with Gasteiger partial charge in [0.25, 0.3) is 0 Å². The van der Waals surface area contributed by atoms with Crippen LogP contribution in [-0.2, 0) is 17.6 Å². The third kappa shape index (κ3) is 3.77. The molecule has 0 radical (unpaired) electrons. The van der Waals surface area contributed by atoms with Gasteiger partial charge in [0.15, 0.2) is 5.43 Å². The van der Waals surface area contributed by atoms with Gasteiger partial charge in [0.2, 0.25) is 5.91 Å². The molecule has 1 unspecified atom stereocenters. The van der Waals surface area contributed by atoms with Crippen LogP contribution in [0, 0.1) is 0 Å². The second-order valence-corrected chi connectivity index (χ2v) is 7.32. The van der Waals surface area contributed by atoms with Crippen molar-refractivity contribution in [3.05, 3.63) is 87.3 Å². The fourth-order valence-corrected chi connectivity index (χ4v) is 3.74. The summed E-state index contributed by atoms with van der Waals surface area (Å²) in [6.45, 7) is 1.97. The molecule has 1 aliphatic carbocycles. The lowest BCUT2D eigenvalue weighted by Crippen LogP contribution is -2.25. The molecule has 4 rings (SSSR count). The molecule has 1 atom stereocenters. The monoisotopic (exact) mass is 373 g/mol. The third-order valence-electron chi connectivity index (χ3n) is 5.35. The van der Waals surface area contributed by atoms with Crippen molar-refractivity contribution < 1.29 is 9.21 Å². The van der Waals surface area contributed by atoms with Gasteiger partial charge in [-0.15, -0.1) is 0 Å². The molecule has 142 valence electrons. The van der Waals surface area contributed by atoms with Crippen LogP contribution in [0.25, 0.3) is 17.0 Å². The van der Waals surface area contributed by atoms with E-state index >= 15 is 0 Å². The van der Waals surface area contributed by atoms with Crippen molar-refractivity contribution in [3.63, 3.8) is 0 Å². The first-order valence-electron chi connectivity index (χ1n) is 9.72. The molecule has 1 aliphatic rings. The molecule has 0 saturated heterocycles. The van der Waals surface area contributed by atoms with E-state index in [2.05, 4.69) is 23.5 Å². The Hall–Kier alpha value is -3.14. The van der Waals surface area contributed by atoms with Crippen LogP contribution in [0.2, 0.25) is 0 Å². The van der Waals surface area contributed by atoms with Crippen LogP contribution in [0.15, 0.2) is 64.0 Å². The lowest BCUT2D eigenvalue weighted by atomic mass is 9.89. The molecule has 0 saturated carbocycles. The van der Waals surface area contributed by atoms with Gasteiger partial charge < -0.3 is 9.73 Å². The minimum atomic E-state index is -0.238. The minimum absolute atomic E-state index is 0.0996. The number of aryl methyl sites for hydroxylation is 2. The van der Waals surface area contributed by atoms with Gasteiger partial charge in [-0.25, -0.2) is 0 Å². The maximum Gasteiger partial charge on any atom is 0.244 e. The van der Waals surface area contributed by atoms with Gasteiger partial charge in [-0.05, 0) is 67.5 Å². The quantitative estimate of drug-likeness (QED) is 0.682. The summed E-state index contributed by atoms with van der Waals surface area (Å²) in [7, 11) is 0. The number of benzene rings is 2. The molecule has 3 aromatic rings. The van der Waals surface area contributed by atoms with E-state index in [9.17, 15) is 9.59 Å². The number of carbonyl (C=O) groups is 1. The highest BCUT2D eigenvalue weighted by Crippen LogP contribution is 2.24. The van der Waals surface area contributed by atoms with Gasteiger partial charge >= 0.3 is 0 Å². The van der Waals surface area contributed by atoms with Gasteiger partial charge in [0, 0.05) is 6.08 Å². The van der Waals surface area contributed by atoms with E-state index in [1.807, 2.05) is 13.0 Å². The van der Waals surface area contributed by atoms with Crippen LogP contribution >= 0.6 is 0 Å². The predicted octanol–water partition coefficient (Wildman–Crippen LogP) is 4.56. The van der Waals surface area contributed by atoms with Crippen molar-refractivity contribution in [2.45, 2.75) is 38.6 Å². The summed E-state index contributed by atoms with van der Waals surface area (Å²) in [5, 5.41) is 3.48. The molecule has 4 nitrogen and oxygen atoms in total. The fraction of sp³-hybridized carbons (Fsp3) is 0.250. The number of carbonyl (C=O) groups excluding carboxylic acids is 1. The molecule has 0 spiro atoms. The highest BCUT2D eigenvalue weighted by molar-refractivity contribution is 5.92. The standard InChI is InChI=1S/C24H23NO3/c1-16(18-11-10-17-6-2-3-7-19(17)14-18)25-23(26)13-12-20-15-28-22-9-5-4-8-21(22)24(20)27/h4-5,8-16H,2-3,6-7H2,1H3,(H,25,26)/b13-12+. The molecule has 1 amide bonds. The molecule has 0 aliphatic heterocycles. The first-order valence-corrected chi connectivity index (χ1v) is 9.72. The van der Waals surface area contributed by atoms with E-state index in [1.54, 1.807) is 18.2 Å². The topological polar surface area (TPSA) is 59.3 Å². The van der Waals surface area contributed by atoms with Crippen LogP contribution in [0.4, 0.5) is 0 Å². The first-order chi connectivity index (χ1) is 13.6. The maximum absolute atomic E-state index is 12.5. The highest BCUT2D eigenvalue weighted by atomic mass is 16.3. The Bertz CT molecular complexity index is 1110. The lowest BCUT2D eigenvalue weighted by molar-refractivity contribution is -0.117. The molecule has 1 heterocycles. The molecule has 0 fully saturated rings. The molecule has 1 aromatic heterocycles. The summed E-state index contributed by atoms with van der Waals surface area (Å²) in [5.74, 6) is -0.238. The Morgan fingerprint density at radius 2 is 1.89 bits per heavy atom. The smallest absolute Gasteiger partial charge is 0.244 e. The number of nitrogens with one attached hydrogen (secondary N) is 1. The highest BCUT2D eigenvalue weighted by Gasteiger charge is 2.13. The van der Waals surface area contributed by atoms with E-state index in [0.717, 1.165) is 18.4 Å². The summed E-state index contributed by atoms with van der Waals surface area (Å²) in [5.41, 5.74) is 4.68. The SMILES string of the molecule is CC(NC(=O)/C=C/c1coc2ccccc2c1=O)c1ccc2c(c1)CCCC2. The van der Waals surface area contributed by atoms with Crippen LogP contribution < -0.4 is 10.7 Å². The largest absolute Gasteiger partial charge is 0.463 e. The number of fused-ring (bicyclic) bond motifs is 2. The van der Waals surface area contributed by atoms with Gasteiger partial charge in [0.1, 0.15) is 11.8 Å². The lowest BCUT2D eigenvalue weighted by Gasteiger charge is -2.19. The summed E-state index contributed by atoms with van der Waals surface area (Å²) in [4.78, 5) is 24.8. The van der Waals surface area contributed by atoms with Crippen LogP contribution in [0.5, 0.6) is 0 Å². The zero-order valence-electron chi connectivity index (χ0n) is 15.9. The van der Waals surface area contributed by atoms with Crippen LogP contribution in [0.3, 0.4) is 0 Å². The number of para-hydroxylation sites is 1. The summed E-state index contributed by atoms with van der Waals surface area (Å²) in [6.07, 6.45) is 9.03. The average Bonchev–Trinajstić information content (AvgIpc) is 2.73. The predicted molar refractivity (Wildman–Crippen MR) is 111 cm³/mol. The molecule has 4 heteroatoms. The zero-order chi connectivity index (χ0) is 19.5. The molecule has 28 heavy (non-hydrogen) atoms. The average molecular weight is 373 g/mol. The molecular formula is C24H23NO3. The summed E-state index contributed by atoms with van der Waals surface area (Å²) in [6, 6.07) is 13.5. The first kappa shape index (κ1) is 18.2. The van der Waals surface area contributed by atoms with E-state index < -0.39 is 0 Å². The number of hydrogen-bond acceptors (Lipinski definition) is 3. The van der Waals surface area contributed by atoms with E-state index in [1.165, 1.54) is 42.4 Å². The second kappa shape index (κ2) is 7.85. The summed E-state index contributed by atoms with van der Waals surface area (Å²) < 4.78 is 5.48. The maximum atomic E-state index is 12.5. The Labute approximate surface area is 163 Å². The van der Waals surface area contributed by atoms with Crippen molar-refractivity contribution in [3.8, 4) is 0 Å². The Kier molecular flexibility index (Phi) is 5.11. The minimum Gasteiger partial charge on any atom is -0.463 e. The van der Waals surface area contributed by atoms with Crippen molar-refractivity contribution in [2.24, 2.45) is 0 Å². The van der Waals surface area contributed by atoms with E-state index in [0.29, 0.717) is 16.5 Å².